The van der Waals surface area contributed by atoms with E-state index in [1.54, 1.807) is 0 Å². The van der Waals surface area contributed by atoms with Crippen LogP contribution in [0, 0.1) is 11.3 Å². The van der Waals surface area contributed by atoms with Crippen LogP contribution in [0.1, 0.15) is 104 Å². The molecule has 0 aliphatic rings. The number of carboxylic acids is 1. The Morgan fingerprint density at radius 2 is 1.52 bits per heavy atom. The van der Waals surface area contributed by atoms with Gasteiger partial charge in [-0.15, -0.1) is 0 Å². The predicted molar refractivity (Wildman–Crippen MR) is 139 cm³/mol. The molecular weight excluding hydrogens is 410 g/mol. The quantitative estimate of drug-likeness (QED) is 0.360. The molecule has 0 spiro atoms. The highest BCUT2D eigenvalue weighted by atomic mass is 16.4. The first kappa shape index (κ1) is 26.8. The number of phenols is 1. The zero-order valence-electron chi connectivity index (χ0n) is 22.1. The second-order valence-corrected chi connectivity index (χ2v) is 11.1. The molecule has 0 fully saturated rings. The van der Waals surface area contributed by atoms with Crippen LogP contribution >= 0.6 is 0 Å². The topological polar surface area (TPSA) is 69.6 Å². The molecule has 4 nitrogen and oxygen atoms in total. The Labute approximate surface area is 200 Å². The van der Waals surface area contributed by atoms with Crippen molar-refractivity contribution < 1.29 is 15.0 Å². The Bertz CT molecular complexity index is 987. The molecule has 0 saturated carbocycles. The van der Waals surface area contributed by atoms with Crippen molar-refractivity contribution in [2.24, 2.45) is 11.3 Å². The molecular formula is C29H43NO3. The first-order valence-electron chi connectivity index (χ1n) is 12.2. The van der Waals surface area contributed by atoms with Gasteiger partial charge in [-0.05, 0) is 51.8 Å². The zero-order chi connectivity index (χ0) is 25.2. The average Bonchev–Trinajstić information content (AvgIpc) is 2.70. The van der Waals surface area contributed by atoms with E-state index in [-0.39, 0.29) is 23.5 Å². The lowest BCUT2D eigenvalue weighted by Gasteiger charge is -2.37. The predicted octanol–water partition coefficient (Wildman–Crippen LogP) is 7.98. The highest BCUT2D eigenvalue weighted by Gasteiger charge is 2.39. The van der Waals surface area contributed by atoms with Crippen molar-refractivity contribution in [3.05, 3.63) is 47.0 Å². The molecule has 0 aromatic heterocycles. The number of rotatable bonds is 9. The first-order valence-corrected chi connectivity index (χ1v) is 12.2. The van der Waals surface area contributed by atoms with Crippen molar-refractivity contribution >= 4 is 11.7 Å². The Kier molecular flexibility index (Phi) is 8.27. The van der Waals surface area contributed by atoms with Crippen LogP contribution in [-0.2, 0) is 4.79 Å². The van der Waals surface area contributed by atoms with Crippen molar-refractivity contribution in [3.8, 4) is 16.9 Å². The second kappa shape index (κ2) is 10.2. The van der Waals surface area contributed by atoms with Gasteiger partial charge in [0.1, 0.15) is 11.8 Å². The van der Waals surface area contributed by atoms with E-state index in [9.17, 15) is 15.0 Å². The normalized spacial score (nSPS) is 13.3. The number of aromatic hydroxyl groups is 1. The summed E-state index contributed by atoms with van der Waals surface area (Å²) >= 11 is 0. The van der Waals surface area contributed by atoms with E-state index in [0.717, 1.165) is 22.3 Å². The zero-order valence-corrected chi connectivity index (χ0v) is 22.1. The number of nitrogens with one attached hydrogen (secondary N) is 1. The average molecular weight is 454 g/mol. The van der Waals surface area contributed by atoms with Gasteiger partial charge in [-0.1, -0.05) is 93.5 Å². The fraction of sp³-hybridized carbons (Fsp3) is 0.552. The van der Waals surface area contributed by atoms with Crippen molar-refractivity contribution in [3.63, 3.8) is 0 Å². The first-order chi connectivity index (χ1) is 15.2. The molecule has 2 rings (SSSR count). The summed E-state index contributed by atoms with van der Waals surface area (Å²) in [6, 6.07) is 9.65. The van der Waals surface area contributed by atoms with Gasteiger partial charge < -0.3 is 15.5 Å². The summed E-state index contributed by atoms with van der Waals surface area (Å²) in [5.41, 5.74) is 5.05. The van der Waals surface area contributed by atoms with Crippen LogP contribution in [0.2, 0.25) is 0 Å². The Hall–Kier alpha value is -2.49. The van der Waals surface area contributed by atoms with E-state index in [2.05, 4.69) is 57.3 Å². The summed E-state index contributed by atoms with van der Waals surface area (Å²) in [4.78, 5) is 12.5. The molecule has 2 aromatic rings. The van der Waals surface area contributed by atoms with Crippen molar-refractivity contribution in [1.29, 1.82) is 0 Å². The highest BCUT2D eigenvalue weighted by molar-refractivity contribution is 5.88. The largest absolute Gasteiger partial charge is 0.507 e. The molecule has 1 atom stereocenters. The van der Waals surface area contributed by atoms with Crippen LogP contribution in [0.25, 0.3) is 11.1 Å². The fourth-order valence-electron chi connectivity index (χ4n) is 4.21. The second-order valence-electron chi connectivity index (χ2n) is 11.1. The van der Waals surface area contributed by atoms with Gasteiger partial charge >= 0.3 is 5.97 Å². The molecule has 0 heterocycles. The Morgan fingerprint density at radius 3 is 1.97 bits per heavy atom. The molecule has 3 N–H and O–H groups in total. The van der Waals surface area contributed by atoms with Gasteiger partial charge in [0.05, 0.1) is 0 Å². The molecule has 0 bridgehead atoms. The van der Waals surface area contributed by atoms with Crippen LogP contribution in [0.4, 0.5) is 5.69 Å². The van der Waals surface area contributed by atoms with Gasteiger partial charge in [-0.3, -0.25) is 0 Å². The summed E-state index contributed by atoms with van der Waals surface area (Å²) in [6.45, 7) is 20.6. The minimum absolute atomic E-state index is 0.00911. The number of hydrogen-bond acceptors (Lipinski definition) is 3. The molecule has 33 heavy (non-hydrogen) atoms. The van der Waals surface area contributed by atoms with Crippen LogP contribution < -0.4 is 5.32 Å². The van der Waals surface area contributed by atoms with E-state index in [1.807, 2.05) is 47.6 Å². The standard InChI is InChI=1S/C29H43NO3/c1-16(2)20-12-11-13-21(14-20)23-15-22(17(3)4)26(31)24(18(5)6)25(23)30-27(28(32)33)29(9,10)19(7)8/h11-19,27,30-31H,1-10H3,(H,32,33). The van der Waals surface area contributed by atoms with E-state index < -0.39 is 17.4 Å². The van der Waals surface area contributed by atoms with Gasteiger partial charge in [0, 0.05) is 16.8 Å². The summed E-state index contributed by atoms with van der Waals surface area (Å²) in [7, 11) is 0. The molecule has 0 amide bonds. The number of anilines is 1. The maximum Gasteiger partial charge on any atom is 0.326 e. The number of phenolic OH excluding ortho intramolecular Hbond substituents is 1. The summed E-state index contributed by atoms with van der Waals surface area (Å²) in [6.07, 6.45) is 0. The molecule has 0 saturated heterocycles. The van der Waals surface area contributed by atoms with Gasteiger partial charge in [0.25, 0.3) is 0 Å². The molecule has 182 valence electrons. The van der Waals surface area contributed by atoms with Crippen molar-refractivity contribution in [2.75, 3.05) is 5.32 Å². The molecule has 0 aliphatic carbocycles. The number of carboxylic acid groups (broad SMARTS) is 1. The van der Waals surface area contributed by atoms with Crippen LogP contribution in [-0.4, -0.2) is 22.2 Å². The van der Waals surface area contributed by atoms with Gasteiger partial charge in [0.15, 0.2) is 0 Å². The molecule has 2 aromatic carbocycles. The minimum atomic E-state index is -0.891. The maximum atomic E-state index is 12.5. The summed E-state index contributed by atoms with van der Waals surface area (Å²) in [5.74, 6) is 0.0281. The summed E-state index contributed by atoms with van der Waals surface area (Å²) < 4.78 is 0. The van der Waals surface area contributed by atoms with Crippen molar-refractivity contribution in [2.45, 2.75) is 93.0 Å². The number of carbonyl (C=O) groups is 1. The number of hydrogen-bond donors (Lipinski definition) is 3. The number of benzene rings is 2. The molecule has 0 aliphatic heterocycles. The third-order valence-electron chi connectivity index (χ3n) is 7.20. The maximum absolute atomic E-state index is 12.5. The molecule has 4 heteroatoms. The lowest BCUT2D eigenvalue weighted by molar-refractivity contribution is -0.141. The molecule has 0 radical (unpaired) electrons. The Morgan fingerprint density at radius 1 is 0.909 bits per heavy atom. The van der Waals surface area contributed by atoms with E-state index in [0.29, 0.717) is 11.6 Å². The van der Waals surface area contributed by atoms with Crippen molar-refractivity contribution in [1.82, 2.24) is 0 Å². The van der Waals surface area contributed by atoms with Crippen LogP contribution in [0.15, 0.2) is 30.3 Å². The smallest absolute Gasteiger partial charge is 0.326 e. The summed E-state index contributed by atoms with van der Waals surface area (Å²) in [5, 5.41) is 24.9. The lowest BCUT2D eigenvalue weighted by Crippen LogP contribution is -2.46. The highest BCUT2D eigenvalue weighted by Crippen LogP contribution is 2.46. The van der Waals surface area contributed by atoms with E-state index in [1.165, 1.54) is 5.56 Å². The fourth-order valence-corrected chi connectivity index (χ4v) is 4.21. The monoisotopic (exact) mass is 453 g/mol. The molecule has 1 unspecified atom stereocenters. The van der Waals surface area contributed by atoms with E-state index in [4.69, 9.17) is 0 Å². The Balaban J connectivity index is 2.91. The third-order valence-corrected chi connectivity index (χ3v) is 7.20. The van der Waals surface area contributed by atoms with Gasteiger partial charge in [-0.2, -0.15) is 0 Å². The van der Waals surface area contributed by atoms with Crippen LogP contribution in [0.3, 0.4) is 0 Å². The number of aliphatic carboxylic acids is 1. The lowest BCUT2D eigenvalue weighted by atomic mass is 9.74. The third kappa shape index (κ3) is 5.54. The van der Waals surface area contributed by atoms with Crippen LogP contribution in [0.5, 0.6) is 5.75 Å². The van der Waals surface area contributed by atoms with E-state index >= 15 is 0 Å². The van der Waals surface area contributed by atoms with Gasteiger partial charge in [0.2, 0.25) is 0 Å². The van der Waals surface area contributed by atoms with Gasteiger partial charge in [-0.25, -0.2) is 4.79 Å². The minimum Gasteiger partial charge on any atom is -0.507 e. The SMILES string of the molecule is CC(C)c1cccc(-c2cc(C(C)C)c(O)c(C(C)C)c2NC(C(=O)O)C(C)(C)C(C)C)c1.